The lowest BCUT2D eigenvalue weighted by Crippen LogP contribution is -2.38. The zero-order chi connectivity index (χ0) is 19.9. The van der Waals surface area contributed by atoms with Crippen LogP contribution in [0.25, 0.3) is 0 Å². The van der Waals surface area contributed by atoms with Crippen LogP contribution in [0.3, 0.4) is 0 Å². The maximum atomic E-state index is 13.5. The Balaban J connectivity index is 1.81. The average molecular weight is 423 g/mol. The number of hydrogen-bond donors (Lipinski definition) is 0. The van der Waals surface area contributed by atoms with E-state index in [-0.39, 0.29) is 16.4 Å². The predicted octanol–water partition coefficient (Wildman–Crippen LogP) is 2.38. The molecule has 7 nitrogen and oxygen atoms in total. The van der Waals surface area contributed by atoms with Gasteiger partial charge in [-0.05, 0) is 49.1 Å². The van der Waals surface area contributed by atoms with Gasteiger partial charge in [-0.25, -0.2) is 16.8 Å². The molecule has 150 valence electrons. The van der Waals surface area contributed by atoms with E-state index in [0.717, 1.165) is 12.0 Å². The summed E-state index contributed by atoms with van der Waals surface area (Å²) in [6.07, 6.45) is 2.00. The van der Waals surface area contributed by atoms with Crippen molar-refractivity contribution >= 4 is 31.4 Å². The lowest BCUT2D eigenvalue weighted by Gasteiger charge is -2.29. The third-order valence-corrected chi connectivity index (χ3v) is 8.90. The smallest absolute Gasteiger partial charge is 0.268 e. The van der Waals surface area contributed by atoms with E-state index in [9.17, 15) is 16.8 Å². The largest absolute Gasteiger partial charge is 0.495 e. The van der Waals surface area contributed by atoms with Crippen LogP contribution in [0, 0.1) is 0 Å². The van der Waals surface area contributed by atoms with Gasteiger partial charge in [-0.3, -0.25) is 8.61 Å². The Morgan fingerprint density at radius 2 is 1.82 bits per heavy atom. The Morgan fingerprint density at radius 3 is 2.57 bits per heavy atom. The molecule has 2 heterocycles. The molecule has 0 amide bonds. The summed E-state index contributed by atoms with van der Waals surface area (Å²) in [5.41, 5.74) is 1.98. The molecule has 0 radical (unpaired) electrons. The summed E-state index contributed by atoms with van der Waals surface area (Å²) in [5, 5.41) is 0. The molecule has 0 aliphatic carbocycles. The van der Waals surface area contributed by atoms with Crippen LogP contribution in [0.1, 0.15) is 18.4 Å². The Kier molecular flexibility index (Phi) is 4.75. The van der Waals surface area contributed by atoms with E-state index in [2.05, 4.69) is 0 Å². The van der Waals surface area contributed by atoms with Gasteiger partial charge in [0.1, 0.15) is 10.6 Å². The van der Waals surface area contributed by atoms with E-state index < -0.39 is 20.0 Å². The number of methoxy groups -OCH3 is 1. The van der Waals surface area contributed by atoms with E-state index in [4.69, 9.17) is 4.74 Å². The summed E-state index contributed by atoms with van der Waals surface area (Å²) < 4.78 is 59.8. The highest BCUT2D eigenvalue weighted by atomic mass is 32.2. The SMILES string of the molecule is COc1ccc(N2CCCCS2(=O)=O)cc1S(=O)(=O)N1CCc2ccccc21. The lowest BCUT2D eigenvalue weighted by molar-refractivity contribution is 0.402. The van der Waals surface area contributed by atoms with Crippen molar-refractivity contribution < 1.29 is 21.6 Å². The van der Waals surface area contributed by atoms with Gasteiger partial charge in [0.2, 0.25) is 10.0 Å². The third-order valence-electron chi connectivity index (χ3n) is 5.20. The topological polar surface area (TPSA) is 84.0 Å². The number of sulfonamides is 2. The molecule has 0 aromatic heterocycles. The number of fused-ring (bicyclic) bond motifs is 1. The van der Waals surface area contributed by atoms with Crippen molar-refractivity contribution in [2.45, 2.75) is 24.2 Å². The van der Waals surface area contributed by atoms with Crippen molar-refractivity contribution in [2.24, 2.45) is 0 Å². The average Bonchev–Trinajstić information content (AvgIpc) is 3.12. The minimum atomic E-state index is -3.91. The maximum Gasteiger partial charge on any atom is 0.268 e. The van der Waals surface area contributed by atoms with Gasteiger partial charge >= 0.3 is 0 Å². The van der Waals surface area contributed by atoms with Gasteiger partial charge in [-0.1, -0.05) is 18.2 Å². The minimum Gasteiger partial charge on any atom is -0.495 e. The highest BCUT2D eigenvalue weighted by molar-refractivity contribution is 7.93. The van der Waals surface area contributed by atoms with Crippen LogP contribution >= 0.6 is 0 Å². The molecule has 9 heteroatoms. The van der Waals surface area contributed by atoms with Crippen LogP contribution in [-0.4, -0.2) is 42.8 Å². The Hall–Kier alpha value is -2.26. The first kappa shape index (κ1) is 19.1. The van der Waals surface area contributed by atoms with Gasteiger partial charge in [0.15, 0.2) is 0 Å². The van der Waals surface area contributed by atoms with E-state index in [1.165, 1.54) is 27.9 Å². The molecule has 0 spiro atoms. The van der Waals surface area contributed by atoms with E-state index in [0.29, 0.717) is 37.3 Å². The summed E-state index contributed by atoms with van der Waals surface area (Å²) in [6.45, 7) is 0.692. The predicted molar refractivity (Wildman–Crippen MR) is 108 cm³/mol. The monoisotopic (exact) mass is 422 g/mol. The van der Waals surface area contributed by atoms with Gasteiger partial charge < -0.3 is 4.74 Å². The summed E-state index contributed by atoms with van der Waals surface area (Å²) in [4.78, 5) is -0.0232. The van der Waals surface area contributed by atoms with Gasteiger partial charge in [0.25, 0.3) is 10.0 Å². The molecule has 0 bridgehead atoms. The van der Waals surface area contributed by atoms with Gasteiger partial charge in [0.05, 0.1) is 24.2 Å². The zero-order valence-electron chi connectivity index (χ0n) is 15.5. The molecule has 28 heavy (non-hydrogen) atoms. The molecular weight excluding hydrogens is 400 g/mol. The van der Waals surface area contributed by atoms with Crippen molar-refractivity contribution in [3.8, 4) is 5.75 Å². The molecule has 0 atom stereocenters. The van der Waals surface area contributed by atoms with Crippen molar-refractivity contribution in [1.82, 2.24) is 0 Å². The quantitative estimate of drug-likeness (QED) is 0.755. The molecule has 2 aliphatic heterocycles. The molecule has 0 N–H and O–H groups in total. The first-order chi connectivity index (χ1) is 13.3. The van der Waals surface area contributed by atoms with Crippen LogP contribution < -0.4 is 13.3 Å². The van der Waals surface area contributed by atoms with Crippen LogP contribution in [0.5, 0.6) is 5.75 Å². The van der Waals surface area contributed by atoms with Crippen LogP contribution in [0.4, 0.5) is 11.4 Å². The fourth-order valence-corrected chi connectivity index (χ4v) is 7.09. The standard InChI is InChI=1S/C19H22N2O5S2/c1-26-18-9-8-16(20-11-4-5-13-27(20,22)23)14-19(18)28(24,25)21-12-10-15-6-2-3-7-17(15)21/h2-3,6-9,14H,4-5,10-13H2,1H3. The van der Waals surface area contributed by atoms with Gasteiger partial charge in [0, 0.05) is 13.1 Å². The van der Waals surface area contributed by atoms with E-state index in [1.54, 1.807) is 18.2 Å². The van der Waals surface area contributed by atoms with Crippen molar-refractivity contribution in [3.05, 3.63) is 48.0 Å². The van der Waals surface area contributed by atoms with Crippen LogP contribution in [-0.2, 0) is 26.5 Å². The number of hydrogen-bond acceptors (Lipinski definition) is 5. The summed E-state index contributed by atoms with van der Waals surface area (Å²) in [7, 11) is -5.94. The number of benzene rings is 2. The molecule has 1 fully saturated rings. The number of ether oxygens (including phenoxy) is 1. The normalized spacial score (nSPS) is 18.8. The van der Waals surface area contributed by atoms with Crippen LogP contribution in [0.2, 0.25) is 0 Å². The first-order valence-electron chi connectivity index (χ1n) is 9.14. The molecule has 0 saturated carbocycles. The fourth-order valence-electron chi connectivity index (χ4n) is 3.78. The fraction of sp³-hybridized carbons (Fsp3) is 0.368. The summed E-state index contributed by atoms with van der Waals surface area (Å²) in [5.74, 6) is 0.267. The molecular formula is C19H22N2O5S2. The Labute approximate surface area is 165 Å². The summed E-state index contributed by atoms with van der Waals surface area (Å²) in [6, 6.07) is 11.9. The number of para-hydroxylation sites is 1. The minimum absolute atomic E-state index is 0.0232. The van der Waals surface area contributed by atoms with Crippen molar-refractivity contribution in [3.63, 3.8) is 0 Å². The summed E-state index contributed by atoms with van der Waals surface area (Å²) >= 11 is 0. The molecule has 2 aromatic carbocycles. The second kappa shape index (κ2) is 6.97. The molecule has 4 rings (SSSR count). The van der Waals surface area contributed by atoms with Crippen LogP contribution in [0.15, 0.2) is 47.4 Å². The second-order valence-electron chi connectivity index (χ2n) is 6.89. The Bertz CT molecular complexity index is 1110. The zero-order valence-corrected chi connectivity index (χ0v) is 17.2. The van der Waals surface area contributed by atoms with E-state index in [1.807, 2.05) is 12.1 Å². The second-order valence-corrected chi connectivity index (χ2v) is 10.7. The highest BCUT2D eigenvalue weighted by Gasteiger charge is 2.34. The Morgan fingerprint density at radius 1 is 1.04 bits per heavy atom. The van der Waals surface area contributed by atoms with Gasteiger partial charge in [-0.15, -0.1) is 0 Å². The first-order valence-corrected chi connectivity index (χ1v) is 12.2. The molecule has 2 aromatic rings. The third kappa shape index (κ3) is 3.12. The molecule has 0 unspecified atom stereocenters. The van der Waals surface area contributed by atoms with Gasteiger partial charge in [-0.2, -0.15) is 0 Å². The number of nitrogens with zero attached hydrogens (tertiary/aromatic N) is 2. The van der Waals surface area contributed by atoms with Crippen molar-refractivity contribution in [1.29, 1.82) is 0 Å². The molecule has 2 aliphatic rings. The lowest BCUT2D eigenvalue weighted by atomic mass is 10.2. The highest BCUT2D eigenvalue weighted by Crippen LogP contribution is 2.38. The van der Waals surface area contributed by atoms with Crippen molar-refractivity contribution in [2.75, 3.05) is 34.6 Å². The van der Waals surface area contributed by atoms with E-state index >= 15 is 0 Å². The molecule has 1 saturated heterocycles. The number of rotatable bonds is 4. The number of anilines is 2. The maximum absolute atomic E-state index is 13.5.